The molecular weight excluding hydrogens is 296 g/mol. The van der Waals surface area contributed by atoms with Crippen LogP contribution in [0.4, 0.5) is 5.69 Å². The van der Waals surface area contributed by atoms with E-state index in [2.05, 4.69) is 4.99 Å². The molecule has 0 amide bonds. The number of hydrogen-bond acceptors (Lipinski definition) is 5. The van der Waals surface area contributed by atoms with Gasteiger partial charge in [-0.25, -0.2) is 0 Å². The van der Waals surface area contributed by atoms with E-state index in [1.54, 1.807) is 18.3 Å². The lowest BCUT2D eigenvalue weighted by Crippen LogP contribution is -2.37. The maximum absolute atomic E-state index is 10.6. The van der Waals surface area contributed by atoms with Crippen LogP contribution in [0, 0.1) is 10.1 Å². The fourth-order valence-electron chi connectivity index (χ4n) is 2.26. The number of ether oxygens (including phenoxy) is 2. The van der Waals surface area contributed by atoms with Gasteiger partial charge in [-0.3, -0.25) is 15.1 Å². The lowest BCUT2D eigenvalue weighted by atomic mass is 10.1. The summed E-state index contributed by atoms with van der Waals surface area (Å²) in [6.07, 6.45) is 1.53. The molecule has 3 rings (SSSR count). The molecule has 1 aliphatic heterocycles. The number of fused-ring (bicyclic) bond motifs is 1. The van der Waals surface area contributed by atoms with Crippen LogP contribution in [0.1, 0.15) is 12.5 Å². The molecule has 0 N–H and O–H groups in total. The molecule has 0 radical (unpaired) electrons. The quantitative estimate of drug-likeness (QED) is 0.493. The predicted octanol–water partition coefficient (Wildman–Crippen LogP) is 3.24. The number of hydrogen-bond donors (Lipinski definition) is 0. The van der Waals surface area contributed by atoms with E-state index in [4.69, 9.17) is 9.47 Å². The van der Waals surface area contributed by atoms with Crippen molar-refractivity contribution >= 4 is 11.9 Å². The Morgan fingerprint density at radius 3 is 2.61 bits per heavy atom. The lowest BCUT2D eigenvalue weighted by Gasteiger charge is -2.28. The van der Waals surface area contributed by atoms with Crippen LogP contribution in [-0.4, -0.2) is 29.9 Å². The van der Waals surface area contributed by atoms with Crippen LogP contribution in [0.3, 0.4) is 0 Å². The number of non-ortho nitro benzene ring substituents is 1. The Bertz CT molecular complexity index is 728. The van der Waals surface area contributed by atoms with E-state index < -0.39 is 4.92 Å². The minimum Gasteiger partial charge on any atom is -0.486 e. The van der Waals surface area contributed by atoms with Gasteiger partial charge in [0.2, 0.25) is 0 Å². The third kappa shape index (κ3) is 3.48. The Labute approximate surface area is 133 Å². The van der Waals surface area contributed by atoms with Gasteiger partial charge in [0.25, 0.3) is 5.69 Å². The molecular formula is C17H16N2O4. The molecule has 0 aliphatic carbocycles. The minimum absolute atomic E-state index is 0.0656. The van der Waals surface area contributed by atoms with Crippen molar-refractivity contribution in [3.8, 4) is 11.5 Å². The molecule has 2 aromatic carbocycles. The summed E-state index contributed by atoms with van der Waals surface area (Å²) < 4.78 is 11.6. The number of aliphatic imine (C=N–C) groups is 1. The van der Waals surface area contributed by atoms with Gasteiger partial charge in [-0.05, 0) is 36.8 Å². The Hall–Kier alpha value is -2.89. The van der Waals surface area contributed by atoms with Crippen LogP contribution in [0.25, 0.3) is 0 Å². The number of benzene rings is 2. The Kier molecular flexibility index (Phi) is 4.23. The van der Waals surface area contributed by atoms with Crippen molar-refractivity contribution < 1.29 is 14.4 Å². The second-order valence-electron chi connectivity index (χ2n) is 5.28. The first-order valence-corrected chi connectivity index (χ1v) is 7.29. The maximum atomic E-state index is 10.6. The Balaban J connectivity index is 1.65. The molecule has 1 heterocycles. The van der Waals surface area contributed by atoms with E-state index >= 15 is 0 Å². The summed E-state index contributed by atoms with van der Waals surface area (Å²) >= 11 is 0. The molecule has 23 heavy (non-hydrogen) atoms. The first kappa shape index (κ1) is 15.0. The Morgan fingerprint density at radius 2 is 1.91 bits per heavy atom. The molecule has 6 heteroatoms. The fraction of sp³-hybridized carbons (Fsp3) is 0.235. The highest BCUT2D eigenvalue weighted by Gasteiger charge is 2.25. The summed E-state index contributed by atoms with van der Waals surface area (Å²) in [5.41, 5.74) is 0.871. The van der Waals surface area contributed by atoms with Crippen molar-refractivity contribution in [1.29, 1.82) is 0 Å². The third-order valence-corrected chi connectivity index (χ3v) is 3.63. The third-order valence-electron chi connectivity index (χ3n) is 3.63. The van der Waals surface area contributed by atoms with Crippen LogP contribution in [0.5, 0.6) is 11.5 Å². The molecule has 0 aromatic heterocycles. The van der Waals surface area contributed by atoms with Crippen LogP contribution >= 0.6 is 0 Å². The molecule has 2 atom stereocenters. The fourth-order valence-corrected chi connectivity index (χ4v) is 2.26. The molecule has 118 valence electrons. The van der Waals surface area contributed by atoms with E-state index in [0.717, 1.165) is 17.1 Å². The van der Waals surface area contributed by atoms with E-state index in [1.807, 2.05) is 31.2 Å². The summed E-state index contributed by atoms with van der Waals surface area (Å²) in [5, 5.41) is 10.6. The number of rotatable bonds is 4. The zero-order chi connectivity index (χ0) is 16.2. The summed E-state index contributed by atoms with van der Waals surface area (Å²) in [6.45, 7) is 2.39. The van der Waals surface area contributed by atoms with E-state index in [1.165, 1.54) is 12.1 Å². The van der Waals surface area contributed by atoms with Gasteiger partial charge in [0.15, 0.2) is 17.6 Å². The van der Waals surface area contributed by atoms with Gasteiger partial charge in [0.1, 0.15) is 6.61 Å². The number of para-hydroxylation sites is 2. The highest BCUT2D eigenvalue weighted by molar-refractivity contribution is 5.80. The SMILES string of the molecule is C[C@@H](N=Cc1ccc([N+](=O)[O-])cc1)[C@@H]1COc2ccccc2O1. The number of nitrogens with zero attached hydrogens (tertiary/aromatic N) is 2. The molecule has 1 aliphatic rings. The number of nitro groups is 1. The van der Waals surface area contributed by atoms with Gasteiger partial charge < -0.3 is 9.47 Å². The van der Waals surface area contributed by atoms with E-state index in [0.29, 0.717) is 6.61 Å². The van der Waals surface area contributed by atoms with Gasteiger partial charge in [-0.1, -0.05) is 12.1 Å². The first-order valence-electron chi connectivity index (χ1n) is 7.29. The summed E-state index contributed by atoms with van der Waals surface area (Å²) in [6, 6.07) is 13.7. The zero-order valence-electron chi connectivity index (χ0n) is 12.6. The van der Waals surface area contributed by atoms with Crippen molar-refractivity contribution in [3.05, 3.63) is 64.2 Å². The molecule has 0 saturated heterocycles. The average Bonchev–Trinajstić information content (AvgIpc) is 2.59. The van der Waals surface area contributed by atoms with Gasteiger partial charge in [-0.2, -0.15) is 0 Å². The standard InChI is InChI=1S/C17H16N2O4/c1-12(17-11-22-15-4-2-3-5-16(15)23-17)18-10-13-6-8-14(9-7-13)19(20)21/h2-10,12,17H,11H2,1H3/t12-,17+/m1/s1. The van der Waals surface area contributed by atoms with Crippen LogP contribution in [0.15, 0.2) is 53.5 Å². The maximum Gasteiger partial charge on any atom is 0.269 e. The molecule has 0 saturated carbocycles. The molecule has 0 unspecified atom stereocenters. The van der Waals surface area contributed by atoms with Gasteiger partial charge in [-0.15, -0.1) is 0 Å². The number of nitro benzene ring substituents is 1. The normalized spacial score (nSPS) is 17.9. The van der Waals surface area contributed by atoms with Crippen LogP contribution in [-0.2, 0) is 0 Å². The average molecular weight is 312 g/mol. The van der Waals surface area contributed by atoms with Gasteiger partial charge in [0, 0.05) is 18.3 Å². The van der Waals surface area contributed by atoms with Crippen molar-refractivity contribution in [3.63, 3.8) is 0 Å². The highest BCUT2D eigenvalue weighted by atomic mass is 16.6. The zero-order valence-corrected chi connectivity index (χ0v) is 12.6. The molecule has 0 spiro atoms. The summed E-state index contributed by atoms with van der Waals surface area (Å²) in [4.78, 5) is 14.7. The van der Waals surface area contributed by atoms with Crippen molar-refractivity contribution in [2.75, 3.05) is 6.61 Å². The lowest BCUT2D eigenvalue weighted by molar-refractivity contribution is -0.384. The largest absolute Gasteiger partial charge is 0.486 e. The van der Waals surface area contributed by atoms with Gasteiger partial charge >= 0.3 is 0 Å². The molecule has 6 nitrogen and oxygen atoms in total. The Morgan fingerprint density at radius 1 is 1.22 bits per heavy atom. The molecule has 2 aromatic rings. The van der Waals surface area contributed by atoms with Gasteiger partial charge in [0.05, 0.1) is 11.0 Å². The molecule has 0 fully saturated rings. The van der Waals surface area contributed by atoms with Crippen LogP contribution in [0.2, 0.25) is 0 Å². The van der Waals surface area contributed by atoms with Crippen molar-refractivity contribution in [1.82, 2.24) is 0 Å². The summed E-state index contributed by atoms with van der Waals surface area (Å²) in [7, 11) is 0. The smallest absolute Gasteiger partial charge is 0.269 e. The highest BCUT2D eigenvalue weighted by Crippen LogP contribution is 2.31. The second-order valence-corrected chi connectivity index (χ2v) is 5.28. The minimum atomic E-state index is -0.422. The molecule has 0 bridgehead atoms. The second kappa shape index (κ2) is 6.48. The van der Waals surface area contributed by atoms with Crippen LogP contribution < -0.4 is 9.47 Å². The predicted molar refractivity (Wildman–Crippen MR) is 86.5 cm³/mol. The topological polar surface area (TPSA) is 74.0 Å². The first-order chi connectivity index (χ1) is 11.1. The summed E-state index contributed by atoms with van der Waals surface area (Å²) in [5.74, 6) is 1.47. The van der Waals surface area contributed by atoms with E-state index in [9.17, 15) is 10.1 Å². The van der Waals surface area contributed by atoms with E-state index in [-0.39, 0.29) is 17.8 Å². The monoisotopic (exact) mass is 312 g/mol. The van der Waals surface area contributed by atoms with Crippen molar-refractivity contribution in [2.24, 2.45) is 4.99 Å². The van der Waals surface area contributed by atoms with Crippen molar-refractivity contribution in [2.45, 2.75) is 19.1 Å².